The molecule has 0 amide bonds. The van der Waals surface area contributed by atoms with Crippen LogP contribution in [0.15, 0.2) is 42.5 Å². The average molecular weight is 288 g/mol. The summed E-state index contributed by atoms with van der Waals surface area (Å²) in [5.41, 5.74) is 6.70. The quantitative estimate of drug-likeness (QED) is 0.672. The molecule has 0 unspecified atom stereocenters. The van der Waals surface area contributed by atoms with Gasteiger partial charge in [0.05, 0.1) is 18.1 Å². The summed E-state index contributed by atoms with van der Waals surface area (Å²) >= 11 is 0. The van der Waals surface area contributed by atoms with Crippen molar-refractivity contribution < 1.29 is 14.4 Å². The first kappa shape index (κ1) is 14.8. The Morgan fingerprint density at radius 2 is 1.81 bits per heavy atom. The predicted octanol–water partition coefficient (Wildman–Crippen LogP) is 3.42. The highest BCUT2D eigenvalue weighted by Crippen LogP contribution is 2.34. The topological polar surface area (TPSA) is 87.6 Å². The van der Waals surface area contributed by atoms with Crippen LogP contribution in [0.4, 0.5) is 5.69 Å². The van der Waals surface area contributed by atoms with Crippen LogP contribution in [0.3, 0.4) is 0 Å². The first-order chi connectivity index (χ1) is 10.0. The molecule has 2 N–H and O–H groups in total. The highest BCUT2D eigenvalue weighted by Gasteiger charge is 2.13. The lowest BCUT2D eigenvalue weighted by Crippen LogP contribution is -2.04. The number of benzene rings is 2. The minimum atomic E-state index is -0.481. The van der Waals surface area contributed by atoms with Crippen LogP contribution in [0.25, 0.3) is 0 Å². The number of methoxy groups -OCH3 is 1. The SMILES string of the molecule is COc1ccc([N+](=O)[O-])cc1Oc1ccc([C@H](C)N)cc1. The Kier molecular flexibility index (Phi) is 4.39. The van der Waals surface area contributed by atoms with E-state index in [0.29, 0.717) is 17.2 Å². The maximum atomic E-state index is 10.8. The van der Waals surface area contributed by atoms with Crippen LogP contribution in [0, 0.1) is 10.1 Å². The van der Waals surface area contributed by atoms with E-state index in [4.69, 9.17) is 15.2 Å². The predicted molar refractivity (Wildman–Crippen MR) is 78.8 cm³/mol. The third kappa shape index (κ3) is 3.49. The molecule has 6 heteroatoms. The molecule has 0 radical (unpaired) electrons. The van der Waals surface area contributed by atoms with Crippen LogP contribution in [-0.4, -0.2) is 12.0 Å². The molecule has 0 saturated heterocycles. The summed E-state index contributed by atoms with van der Waals surface area (Å²) in [7, 11) is 1.48. The van der Waals surface area contributed by atoms with E-state index >= 15 is 0 Å². The third-order valence-corrected chi connectivity index (χ3v) is 2.99. The van der Waals surface area contributed by atoms with Crippen molar-refractivity contribution in [2.24, 2.45) is 5.73 Å². The summed E-state index contributed by atoms with van der Waals surface area (Å²) in [5, 5.41) is 10.8. The van der Waals surface area contributed by atoms with E-state index in [0.717, 1.165) is 5.56 Å². The smallest absolute Gasteiger partial charge is 0.273 e. The van der Waals surface area contributed by atoms with Gasteiger partial charge in [0.1, 0.15) is 5.75 Å². The molecule has 2 aromatic rings. The maximum Gasteiger partial charge on any atom is 0.273 e. The standard InChI is InChI=1S/C15H16N2O4/c1-10(16)11-3-6-13(7-4-11)21-15-9-12(17(18)19)5-8-14(15)20-2/h3-10H,16H2,1-2H3/t10-/m0/s1. The van der Waals surface area contributed by atoms with Crippen molar-refractivity contribution in [2.75, 3.05) is 7.11 Å². The second-order valence-electron chi connectivity index (χ2n) is 4.55. The van der Waals surface area contributed by atoms with Crippen LogP contribution >= 0.6 is 0 Å². The van der Waals surface area contributed by atoms with Crippen molar-refractivity contribution in [3.63, 3.8) is 0 Å². The molecule has 0 aliphatic rings. The molecule has 2 rings (SSSR count). The third-order valence-electron chi connectivity index (χ3n) is 2.99. The molecule has 0 bridgehead atoms. The second kappa shape index (κ2) is 6.23. The Morgan fingerprint density at radius 3 is 2.33 bits per heavy atom. The first-order valence-corrected chi connectivity index (χ1v) is 6.37. The molecule has 1 atom stereocenters. The highest BCUT2D eigenvalue weighted by atomic mass is 16.6. The van der Waals surface area contributed by atoms with Crippen LogP contribution in [0.5, 0.6) is 17.2 Å². The first-order valence-electron chi connectivity index (χ1n) is 6.37. The number of nitro groups is 1. The maximum absolute atomic E-state index is 10.8. The van der Waals surface area contributed by atoms with Gasteiger partial charge in [-0.05, 0) is 30.7 Å². The molecule has 0 aromatic heterocycles. The molecule has 0 aliphatic heterocycles. The molecule has 0 spiro atoms. The molecule has 0 fully saturated rings. The number of ether oxygens (including phenoxy) is 2. The minimum absolute atomic E-state index is 0.0574. The van der Waals surface area contributed by atoms with Crippen molar-refractivity contribution in [1.82, 2.24) is 0 Å². The molecular weight excluding hydrogens is 272 g/mol. The van der Waals surface area contributed by atoms with Gasteiger partial charge in [-0.2, -0.15) is 0 Å². The number of non-ortho nitro benzene ring substituents is 1. The number of hydrogen-bond acceptors (Lipinski definition) is 5. The van der Waals surface area contributed by atoms with Gasteiger partial charge in [-0.1, -0.05) is 12.1 Å². The molecule has 0 saturated carbocycles. The zero-order chi connectivity index (χ0) is 15.4. The number of hydrogen-bond donors (Lipinski definition) is 1. The van der Waals surface area contributed by atoms with E-state index in [1.165, 1.54) is 25.3 Å². The fourth-order valence-corrected chi connectivity index (χ4v) is 1.83. The van der Waals surface area contributed by atoms with Gasteiger partial charge in [-0.25, -0.2) is 0 Å². The van der Waals surface area contributed by atoms with E-state index in [-0.39, 0.29) is 11.7 Å². The summed E-state index contributed by atoms with van der Waals surface area (Å²) < 4.78 is 10.8. The Labute approximate surface area is 122 Å². The Morgan fingerprint density at radius 1 is 1.14 bits per heavy atom. The van der Waals surface area contributed by atoms with Gasteiger partial charge >= 0.3 is 0 Å². The van der Waals surface area contributed by atoms with Gasteiger partial charge in [-0.15, -0.1) is 0 Å². The summed E-state index contributed by atoms with van der Waals surface area (Å²) in [4.78, 5) is 10.3. The summed E-state index contributed by atoms with van der Waals surface area (Å²) in [6.07, 6.45) is 0. The fourth-order valence-electron chi connectivity index (χ4n) is 1.83. The van der Waals surface area contributed by atoms with Crippen molar-refractivity contribution in [1.29, 1.82) is 0 Å². The van der Waals surface area contributed by atoms with Crippen LogP contribution < -0.4 is 15.2 Å². The van der Waals surface area contributed by atoms with Gasteiger partial charge in [0.15, 0.2) is 11.5 Å². The molecule has 0 heterocycles. The minimum Gasteiger partial charge on any atom is -0.493 e. The molecule has 2 aromatic carbocycles. The number of nitro benzene ring substituents is 1. The van der Waals surface area contributed by atoms with Gasteiger partial charge < -0.3 is 15.2 Å². The highest BCUT2D eigenvalue weighted by molar-refractivity contribution is 5.50. The lowest BCUT2D eigenvalue weighted by atomic mass is 10.1. The van der Waals surface area contributed by atoms with Gasteiger partial charge in [0, 0.05) is 12.1 Å². The second-order valence-corrected chi connectivity index (χ2v) is 4.55. The lowest BCUT2D eigenvalue weighted by Gasteiger charge is -2.11. The van der Waals surface area contributed by atoms with Gasteiger partial charge in [0.25, 0.3) is 5.69 Å². The molecule has 6 nitrogen and oxygen atoms in total. The van der Waals surface area contributed by atoms with Crippen LogP contribution in [0.1, 0.15) is 18.5 Å². The molecular formula is C15H16N2O4. The Bertz CT molecular complexity index is 639. The zero-order valence-corrected chi connectivity index (χ0v) is 11.8. The number of rotatable bonds is 5. The van der Waals surface area contributed by atoms with Crippen molar-refractivity contribution in [2.45, 2.75) is 13.0 Å². The molecule has 21 heavy (non-hydrogen) atoms. The number of nitrogens with two attached hydrogens (primary N) is 1. The van der Waals surface area contributed by atoms with Crippen LogP contribution in [0.2, 0.25) is 0 Å². The monoisotopic (exact) mass is 288 g/mol. The molecule has 110 valence electrons. The van der Waals surface area contributed by atoms with Gasteiger partial charge in [-0.3, -0.25) is 10.1 Å². The van der Waals surface area contributed by atoms with Crippen LogP contribution in [-0.2, 0) is 0 Å². The fraction of sp³-hybridized carbons (Fsp3) is 0.200. The number of nitrogens with zero attached hydrogens (tertiary/aromatic N) is 1. The normalized spacial score (nSPS) is 11.8. The Balaban J connectivity index is 2.29. The van der Waals surface area contributed by atoms with E-state index in [1.54, 1.807) is 12.1 Å². The lowest BCUT2D eigenvalue weighted by molar-refractivity contribution is -0.384. The van der Waals surface area contributed by atoms with Crippen molar-refractivity contribution in [3.05, 3.63) is 58.1 Å². The largest absolute Gasteiger partial charge is 0.493 e. The summed E-state index contributed by atoms with van der Waals surface area (Å²) in [5.74, 6) is 1.27. The summed E-state index contributed by atoms with van der Waals surface area (Å²) in [6, 6.07) is 11.4. The van der Waals surface area contributed by atoms with E-state index < -0.39 is 4.92 Å². The van der Waals surface area contributed by atoms with Crippen molar-refractivity contribution >= 4 is 5.69 Å². The summed E-state index contributed by atoms with van der Waals surface area (Å²) in [6.45, 7) is 1.89. The molecule has 0 aliphatic carbocycles. The van der Waals surface area contributed by atoms with Crippen molar-refractivity contribution in [3.8, 4) is 17.2 Å². The average Bonchev–Trinajstić information content (AvgIpc) is 2.47. The van der Waals surface area contributed by atoms with E-state index in [1.807, 2.05) is 19.1 Å². The van der Waals surface area contributed by atoms with E-state index in [9.17, 15) is 10.1 Å². The van der Waals surface area contributed by atoms with Gasteiger partial charge in [0.2, 0.25) is 0 Å². The Hall–Kier alpha value is -2.60. The zero-order valence-electron chi connectivity index (χ0n) is 11.8. The van der Waals surface area contributed by atoms with E-state index in [2.05, 4.69) is 0 Å².